The van der Waals surface area contributed by atoms with Crippen LogP contribution in [-0.2, 0) is 26.0 Å². The Morgan fingerprint density at radius 2 is 1.89 bits per heavy atom. The fourth-order valence-corrected chi connectivity index (χ4v) is 6.70. The topological polar surface area (TPSA) is 78.0 Å². The van der Waals surface area contributed by atoms with E-state index >= 15 is 0 Å². The zero-order valence-corrected chi connectivity index (χ0v) is 17.5. The van der Waals surface area contributed by atoms with Gasteiger partial charge in [-0.2, -0.15) is 4.31 Å². The Balaban J connectivity index is 1.66. The van der Waals surface area contributed by atoms with Gasteiger partial charge in [-0.1, -0.05) is 12.8 Å². The number of anilines is 1. The number of amides is 2. The van der Waals surface area contributed by atoms with E-state index < -0.39 is 10.0 Å². The summed E-state index contributed by atoms with van der Waals surface area (Å²) in [5.41, 5.74) is 1.25. The van der Waals surface area contributed by atoms with Gasteiger partial charge in [0.05, 0.1) is 17.2 Å². The summed E-state index contributed by atoms with van der Waals surface area (Å²) in [7, 11) is 1.45. The molecule has 0 bridgehead atoms. The Morgan fingerprint density at radius 3 is 2.54 bits per heavy atom. The first-order valence-electron chi connectivity index (χ1n) is 9.76. The lowest BCUT2D eigenvalue weighted by molar-refractivity contribution is -0.135. The van der Waals surface area contributed by atoms with Crippen molar-refractivity contribution in [3.63, 3.8) is 0 Å². The summed E-state index contributed by atoms with van der Waals surface area (Å²) < 4.78 is 28.2. The monoisotopic (exact) mass is 405 g/mol. The maximum absolute atomic E-state index is 13.4. The first-order chi connectivity index (χ1) is 13.2. The van der Waals surface area contributed by atoms with Crippen LogP contribution in [-0.4, -0.2) is 63.7 Å². The highest BCUT2D eigenvalue weighted by Gasteiger charge is 2.54. The molecule has 3 aliphatic rings. The summed E-state index contributed by atoms with van der Waals surface area (Å²) in [6.07, 6.45) is 4.09. The molecule has 1 saturated heterocycles. The Hall–Kier alpha value is -1.93. The molecule has 7 nitrogen and oxygen atoms in total. The Labute approximate surface area is 166 Å². The number of carbonyl (C=O) groups excluding carboxylic acids is 2. The van der Waals surface area contributed by atoms with E-state index in [9.17, 15) is 18.0 Å². The van der Waals surface area contributed by atoms with E-state index in [0.29, 0.717) is 6.54 Å². The van der Waals surface area contributed by atoms with Crippen LogP contribution in [0.25, 0.3) is 0 Å². The molecule has 1 atom stereocenters. The van der Waals surface area contributed by atoms with Gasteiger partial charge in [0.1, 0.15) is 0 Å². The van der Waals surface area contributed by atoms with Gasteiger partial charge in [0.2, 0.25) is 21.8 Å². The van der Waals surface area contributed by atoms with Crippen LogP contribution in [0.1, 0.15) is 31.2 Å². The van der Waals surface area contributed by atoms with Gasteiger partial charge < -0.3 is 9.80 Å². The van der Waals surface area contributed by atoms with Gasteiger partial charge in [0, 0.05) is 39.9 Å². The van der Waals surface area contributed by atoms with Crippen molar-refractivity contribution in [1.29, 1.82) is 0 Å². The van der Waals surface area contributed by atoms with E-state index in [1.54, 1.807) is 49.1 Å². The van der Waals surface area contributed by atoms with Crippen LogP contribution in [0.5, 0.6) is 0 Å². The van der Waals surface area contributed by atoms with Crippen molar-refractivity contribution < 1.29 is 18.0 Å². The number of likely N-dealkylation sites (N-methyl/N-ethyl adjacent to an activating group) is 1. The minimum absolute atomic E-state index is 0.0146. The lowest BCUT2D eigenvalue weighted by Gasteiger charge is -2.30. The number of nitrogens with zero attached hydrogens (tertiary/aromatic N) is 3. The number of rotatable bonds is 3. The third-order valence-corrected chi connectivity index (χ3v) is 8.53. The molecular weight excluding hydrogens is 378 g/mol. The molecule has 4 rings (SSSR count). The zero-order valence-electron chi connectivity index (χ0n) is 16.6. The van der Waals surface area contributed by atoms with Crippen molar-refractivity contribution in [1.82, 2.24) is 9.21 Å². The van der Waals surface area contributed by atoms with Crippen LogP contribution >= 0.6 is 0 Å². The van der Waals surface area contributed by atoms with Gasteiger partial charge in [-0.3, -0.25) is 9.59 Å². The van der Waals surface area contributed by atoms with Gasteiger partial charge in [-0.15, -0.1) is 0 Å². The quantitative estimate of drug-likeness (QED) is 0.763. The average molecular weight is 406 g/mol. The Morgan fingerprint density at radius 1 is 1.21 bits per heavy atom. The van der Waals surface area contributed by atoms with Crippen molar-refractivity contribution >= 4 is 27.5 Å². The Kier molecular flexibility index (Phi) is 4.54. The maximum Gasteiger partial charge on any atom is 0.243 e. The van der Waals surface area contributed by atoms with Crippen molar-refractivity contribution in [2.75, 3.05) is 39.1 Å². The summed E-state index contributed by atoms with van der Waals surface area (Å²) in [4.78, 5) is 28.1. The summed E-state index contributed by atoms with van der Waals surface area (Å²) in [6, 6.07) is 4.90. The molecule has 0 radical (unpaired) electrons. The number of benzene rings is 1. The fraction of sp³-hybridized carbons (Fsp3) is 0.600. The van der Waals surface area contributed by atoms with Crippen LogP contribution in [0.4, 0.5) is 5.69 Å². The van der Waals surface area contributed by atoms with Gasteiger partial charge in [-0.25, -0.2) is 8.42 Å². The highest BCUT2D eigenvalue weighted by molar-refractivity contribution is 7.89. The molecule has 0 aromatic heterocycles. The Bertz CT molecular complexity index is 935. The van der Waals surface area contributed by atoms with Crippen molar-refractivity contribution in [2.24, 2.45) is 11.3 Å². The van der Waals surface area contributed by atoms with Crippen LogP contribution < -0.4 is 4.90 Å². The molecule has 1 aliphatic carbocycles. The molecule has 2 amide bonds. The predicted octanol–water partition coefficient (Wildman–Crippen LogP) is 1.47. The highest BCUT2D eigenvalue weighted by atomic mass is 32.2. The predicted molar refractivity (Wildman–Crippen MR) is 105 cm³/mol. The van der Waals surface area contributed by atoms with E-state index in [4.69, 9.17) is 0 Å². The van der Waals surface area contributed by atoms with Crippen LogP contribution in [0, 0.1) is 11.3 Å². The molecule has 2 fully saturated rings. The number of sulfonamides is 1. The third kappa shape index (κ3) is 2.85. The van der Waals surface area contributed by atoms with Crippen LogP contribution in [0.15, 0.2) is 23.1 Å². The second-order valence-corrected chi connectivity index (χ2v) is 10.5. The number of hydrogen-bond donors (Lipinski definition) is 0. The summed E-state index contributed by atoms with van der Waals surface area (Å²) >= 11 is 0. The average Bonchev–Trinajstić information content (AvgIpc) is 3.34. The normalized spacial score (nSPS) is 24.2. The number of hydrogen-bond acceptors (Lipinski definition) is 4. The summed E-state index contributed by atoms with van der Waals surface area (Å²) in [5.74, 6) is -0.310. The van der Waals surface area contributed by atoms with Crippen LogP contribution in [0.3, 0.4) is 0 Å². The number of carbonyl (C=O) groups is 2. The maximum atomic E-state index is 13.4. The van der Waals surface area contributed by atoms with E-state index in [1.807, 2.05) is 0 Å². The molecule has 1 saturated carbocycles. The molecule has 1 aromatic carbocycles. The molecule has 2 aliphatic heterocycles. The summed E-state index contributed by atoms with van der Waals surface area (Å²) in [6.45, 7) is 0.630. The first kappa shape index (κ1) is 19.4. The highest BCUT2D eigenvalue weighted by Crippen LogP contribution is 2.50. The van der Waals surface area contributed by atoms with Crippen molar-refractivity contribution in [3.8, 4) is 0 Å². The minimum Gasteiger partial charge on any atom is -0.349 e. The van der Waals surface area contributed by atoms with Crippen molar-refractivity contribution in [2.45, 2.75) is 37.0 Å². The zero-order chi connectivity index (χ0) is 20.3. The molecule has 0 N–H and O–H groups in total. The molecule has 28 heavy (non-hydrogen) atoms. The molecule has 152 valence electrons. The lowest BCUT2D eigenvalue weighted by atomic mass is 9.76. The van der Waals surface area contributed by atoms with Crippen molar-refractivity contribution in [3.05, 3.63) is 23.8 Å². The van der Waals surface area contributed by atoms with Gasteiger partial charge in [0.25, 0.3) is 0 Å². The smallest absolute Gasteiger partial charge is 0.243 e. The van der Waals surface area contributed by atoms with Crippen LogP contribution in [0.2, 0.25) is 0 Å². The fourth-order valence-electron chi connectivity index (χ4n) is 5.10. The molecule has 1 unspecified atom stereocenters. The van der Waals surface area contributed by atoms with E-state index in [-0.39, 0.29) is 41.0 Å². The molecule has 8 heteroatoms. The van der Waals surface area contributed by atoms with E-state index in [1.165, 1.54) is 4.31 Å². The van der Waals surface area contributed by atoms with E-state index in [2.05, 4.69) is 0 Å². The standard InChI is InChI=1S/C20H27N3O4S/c1-21(2)19(25)16-12-23(13-20(16)8-4-5-9-20)28(26,27)15-6-7-17-14(10-15)11-18(24)22(17)3/h6-7,10,16H,4-5,8-9,11-13H2,1-3H3. The molecule has 1 aromatic rings. The lowest BCUT2D eigenvalue weighted by Crippen LogP contribution is -2.39. The number of fused-ring (bicyclic) bond motifs is 1. The largest absolute Gasteiger partial charge is 0.349 e. The first-order valence-corrected chi connectivity index (χ1v) is 11.2. The van der Waals surface area contributed by atoms with Gasteiger partial charge in [0.15, 0.2) is 0 Å². The van der Waals surface area contributed by atoms with Gasteiger partial charge >= 0.3 is 0 Å². The summed E-state index contributed by atoms with van der Waals surface area (Å²) in [5, 5.41) is 0. The molecular formula is C20H27N3O4S. The SMILES string of the molecule is CN(C)C(=O)C1CN(S(=O)(=O)c2ccc3c(c2)CC(=O)N3C)CC12CCCC2. The second kappa shape index (κ2) is 6.56. The molecule has 1 spiro atoms. The van der Waals surface area contributed by atoms with E-state index in [0.717, 1.165) is 36.9 Å². The second-order valence-electron chi connectivity index (χ2n) is 8.57. The van der Waals surface area contributed by atoms with Gasteiger partial charge in [-0.05, 0) is 42.0 Å². The molecule has 2 heterocycles. The third-order valence-electron chi connectivity index (χ3n) is 6.72. The minimum atomic E-state index is -3.72.